The Hall–Kier alpha value is -2.48. The summed E-state index contributed by atoms with van der Waals surface area (Å²) in [5.74, 6) is 6.95. The average Bonchev–Trinajstić information content (AvgIpc) is 3.01. The molecule has 0 spiro atoms. The van der Waals surface area contributed by atoms with E-state index in [2.05, 4.69) is 22.4 Å². The molecular weight excluding hydrogens is 310 g/mol. The van der Waals surface area contributed by atoms with Gasteiger partial charge in [-0.05, 0) is 36.6 Å². The van der Waals surface area contributed by atoms with Gasteiger partial charge in [-0.1, -0.05) is 41.3 Å². The molecule has 5 heteroatoms. The van der Waals surface area contributed by atoms with Crippen LogP contribution in [0.15, 0.2) is 54.6 Å². The van der Waals surface area contributed by atoms with Crippen LogP contribution >= 0.6 is 11.6 Å². The average molecular weight is 326 g/mol. The molecule has 23 heavy (non-hydrogen) atoms. The number of allylic oxidation sites excluding steroid dienone is 1. The van der Waals surface area contributed by atoms with Crippen LogP contribution in [0.2, 0.25) is 5.02 Å². The quantitative estimate of drug-likeness (QED) is 0.866. The van der Waals surface area contributed by atoms with E-state index in [0.717, 1.165) is 22.7 Å². The Kier molecular flexibility index (Phi) is 4.82. The van der Waals surface area contributed by atoms with Crippen LogP contribution in [0.5, 0.6) is 0 Å². The number of nitrogens with one attached hydrogen (secondary N) is 1. The van der Waals surface area contributed by atoms with Crippen LogP contribution < -0.4 is 10.6 Å². The molecule has 0 saturated heterocycles. The van der Waals surface area contributed by atoms with Gasteiger partial charge in [0.1, 0.15) is 11.5 Å². The van der Waals surface area contributed by atoms with Gasteiger partial charge in [-0.3, -0.25) is 0 Å². The third kappa shape index (κ3) is 3.84. The standard InChI is InChI=1S/C18H16ClN3O/c1-14-7-6-11-17(19)18(14)22-13-16(23-21-22)10-3-2-8-15-9-4-5-12-20-15/h4-7,9,11-13,21H,3,10H2,1H3. The molecular formula is C18H16ClN3O. The summed E-state index contributed by atoms with van der Waals surface area (Å²) < 4.78 is 0. The topological polar surface area (TPSA) is 37.4 Å². The van der Waals surface area contributed by atoms with Crippen molar-refractivity contribution in [2.24, 2.45) is 0 Å². The number of pyridine rings is 1. The lowest BCUT2D eigenvalue weighted by Gasteiger charge is -2.17. The van der Waals surface area contributed by atoms with Crippen LogP contribution in [0.25, 0.3) is 0 Å². The third-order valence-electron chi connectivity index (χ3n) is 3.36. The first kappa shape index (κ1) is 15.4. The summed E-state index contributed by atoms with van der Waals surface area (Å²) in [7, 11) is 0. The summed E-state index contributed by atoms with van der Waals surface area (Å²) in [6.07, 6.45) is 5.04. The number of rotatable bonds is 3. The van der Waals surface area contributed by atoms with Crippen LogP contribution in [0, 0.1) is 18.8 Å². The molecule has 0 saturated carbocycles. The lowest BCUT2D eigenvalue weighted by molar-refractivity contribution is 0.124. The predicted octanol–water partition coefficient (Wildman–Crippen LogP) is 3.97. The van der Waals surface area contributed by atoms with Gasteiger partial charge in [0, 0.05) is 19.0 Å². The fourth-order valence-corrected chi connectivity index (χ4v) is 2.55. The van der Waals surface area contributed by atoms with Gasteiger partial charge in [0.25, 0.3) is 0 Å². The molecule has 1 aliphatic rings. The molecule has 0 atom stereocenters. The molecule has 0 aliphatic carbocycles. The second-order valence-corrected chi connectivity index (χ2v) is 5.49. The Labute approximate surface area is 140 Å². The van der Waals surface area contributed by atoms with Gasteiger partial charge in [-0.2, -0.15) is 0 Å². The third-order valence-corrected chi connectivity index (χ3v) is 3.66. The molecule has 116 valence electrons. The minimum atomic E-state index is 0.675. The number of hydrazine groups is 1. The van der Waals surface area contributed by atoms with Crippen molar-refractivity contribution in [2.45, 2.75) is 19.8 Å². The minimum absolute atomic E-state index is 0.675. The lowest BCUT2D eigenvalue weighted by atomic mass is 10.2. The van der Waals surface area contributed by atoms with Gasteiger partial charge < -0.3 is 4.84 Å². The van der Waals surface area contributed by atoms with Gasteiger partial charge in [-0.15, -0.1) is 0 Å². The van der Waals surface area contributed by atoms with Gasteiger partial charge in [0.2, 0.25) is 0 Å². The summed E-state index contributed by atoms with van der Waals surface area (Å²) in [4.78, 5) is 9.64. The Morgan fingerprint density at radius 3 is 2.96 bits per heavy atom. The maximum atomic E-state index is 6.26. The summed E-state index contributed by atoms with van der Waals surface area (Å²) in [6.45, 7) is 2.01. The van der Waals surface area contributed by atoms with Crippen molar-refractivity contribution in [1.82, 2.24) is 10.6 Å². The maximum Gasteiger partial charge on any atom is 0.145 e. The highest BCUT2D eigenvalue weighted by atomic mass is 35.5. The number of aryl methyl sites for hydroxylation is 1. The molecule has 4 nitrogen and oxygen atoms in total. The van der Waals surface area contributed by atoms with E-state index in [0.29, 0.717) is 17.9 Å². The zero-order valence-corrected chi connectivity index (χ0v) is 13.5. The highest BCUT2D eigenvalue weighted by molar-refractivity contribution is 6.33. The van der Waals surface area contributed by atoms with Crippen LogP contribution in [-0.2, 0) is 4.84 Å². The predicted molar refractivity (Wildman–Crippen MR) is 91.3 cm³/mol. The largest absolute Gasteiger partial charge is 0.391 e. The number of halogens is 1. The van der Waals surface area contributed by atoms with E-state index in [4.69, 9.17) is 16.4 Å². The fourth-order valence-electron chi connectivity index (χ4n) is 2.23. The fraction of sp³-hybridized carbons (Fsp3) is 0.167. The highest BCUT2D eigenvalue weighted by Gasteiger charge is 2.18. The Balaban J connectivity index is 1.62. The first-order chi connectivity index (χ1) is 11.2. The monoisotopic (exact) mass is 325 g/mol. The van der Waals surface area contributed by atoms with Crippen LogP contribution in [0.1, 0.15) is 24.1 Å². The molecule has 0 fully saturated rings. The molecule has 1 aliphatic heterocycles. The van der Waals surface area contributed by atoms with Crippen molar-refractivity contribution in [3.05, 3.63) is 70.8 Å². The van der Waals surface area contributed by atoms with E-state index in [-0.39, 0.29) is 0 Å². The number of anilines is 1. The van der Waals surface area contributed by atoms with Gasteiger partial charge in [0.15, 0.2) is 0 Å². The minimum Gasteiger partial charge on any atom is -0.391 e. The number of hydrogen-bond acceptors (Lipinski definition) is 4. The highest BCUT2D eigenvalue weighted by Crippen LogP contribution is 2.31. The zero-order chi connectivity index (χ0) is 16.1. The molecule has 0 bridgehead atoms. The Bertz CT molecular complexity index is 758. The molecule has 1 N–H and O–H groups in total. The van der Waals surface area contributed by atoms with Crippen molar-refractivity contribution in [2.75, 3.05) is 5.01 Å². The number of aromatic nitrogens is 1. The zero-order valence-electron chi connectivity index (χ0n) is 12.7. The van der Waals surface area contributed by atoms with E-state index >= 15 is 0 Å². The Morgan fingerprint density at radius 1 is 1.26 bits per heavy atom. The summed E-state index contributed by atoms with van der Waals surface area (Å²) in [5.41, 5.74) is 5.60. The molecule has 0 radical (unpaired) electrons. The number of nitrogens with zero attached hydrogens (tertiary/aromatic N) is 2. The second kappa shape index (κ2) is 7.19. The van der Waals surface area contributed by atoms with E-state index in [1.165, 1.54) is 0 Å². The van der Waals surface area contributed by atoms with Crippen LogP contribution in [0.4, 0.5) is 5.69 Å². The summed E-state index contributed by atoms with van der Waals surface area (Å²) >= 11 is 6.26. The number of para-hydroxylation sites is 1. The Morgan fingerprint density at radius 2 is 2.17 bits per heavy atom. The smallest absolute Gasteiger partial charge is 0.145 e. The van der Waals surface area contributed by atoms with Gasteiger partial charge >= 0.3 is 0 Å². The van der Waals surface area contributed by atoms with Crippen LogP contribution in [-0.4, -0.2) is 4.98 Å². The van der Waals surface area contributed by atoms with Crippen molar-refractivity contribution in [3.63, 3.8) is 0 Å². The molecule has 0 unspecified atom stereocenters. The van der Waals surface area contributed by atoms with E-state index < -0.39 is 0 Å². The van der Waals surface area contributed by atoms with Crippen molar-refractivity contribution < 1.29 is 4.84 Å². The number of benzene rings is 1. The van der Waals surface area contributed by atoms with Gasteiger partial charge in [0.05, 0.1) is 16.9 Å². The van der Waals surface area contributed by atoms with E-state index in [9.17, 15) is 0 Å². The van der Waals surface area contributed by atoms with Crippen LogP contribution in [0.3, 0.4) is 0 Å². The van der Waals surface area contributed by atoms with E-state index in [1.54, 1.807) is 11.2 Å². The SMILES string of the molecule is Cc1cccc(Cl)c1N1C=C(CCC#Cc2ccccn2)ON1. The van der Waals surface area contributed by atoms with Crippen molar-refractivity contribution in [1.29, 1.82) is 0 Å². The summed E-state index contributed by atoms with van der Waals surface area (Å²) in [5, 5.41) is 2.47. The van der Waals surface area contributed by atoms with Crippen molar-refractivity contribution >= 4 is 17.3 Å². The van der Waals surface area contributed by atoms with E-state index in [1.807, 2.05) is 49.5 Å². The second-order valence-electron chi connectivity index (χ2n) is 5.08. The first-order valence-corrected chi connectivity index (χ1v) is 7.69. The normalized spacial score (nSPS) is 13.1. The summed E-state index contributed by atoms with van der Waals surface area (Å²) in [6, 6.07) is 11.5. The van der Waals surface area contributed by atoms with Crippen molar-refractivity contribution in [3.8, 4) is 11.8 Å². The molecule has 1 aromatic heterocycles. The lowest BCUT2D eigenvalue weighted by Crippen LogP contribution is -2.28. The molecule has 2 aromatic rings. The molecule has 2 heterocycles. The molecule has 1 aromatic carbocycles. The first-order valence-electron chi connectivity index (χ1n) is 7.31. The maximum absolute atomic E-state index is 6.26. The van der Waals surface area contributed by atoms with Gasteiger partial charge in [-0.25, -0.2) is 9.99 Å². The molecule has 3 rings (SSSR count). The molecule has 0 amide bonds. The number of hydrogen-bond donors (Lipinski definition) is 1.